The van der Waals surface area contributed by atoms with E-state index in [0.717, 1.165) is 16.0 Å². The van der Waals surface area contributed by atoms with Crippen molar-refractivity contribution >= 4 is 47.3 Å². The van der Waals surface area contributed by atoms with Crippen molar-refractivity contribution in [2.24, 2.45) is 5.73 Å². The first-order chi connectivity index (χ1) is 38.1. The second kappa shape index (κ2) is 32.2. The number of likely N-dealkylation sites (N-methyl/N-ethyl adjacent to an activating group) is 1. The van der Waals surface area contributed by atoms with Crippen LogP contribution in [0.1, 0.15) is 93.9 Å². The van der Waals surface area contributed by atoms with Gasteiger partial charge in [0.1, 0.15) is 12.1 Å². The fourth-order valence-corrected chi connectivity index (χ4v) is 9.41. The van der Waals surface area contributed by atoms with Gasteiger partial charge in [-0.3, -0.25) is 38.4 Å². The van der Waals surface area contributed by atoms with E-state index >= 15 is 0 Å². The van der Waals surface area contributed by atoms with Crippen molar-refractivity contribution in [3.63, 3.8) is 0 Å². The molecule has 0 aliphatic carbocycles. The number of hydrogen-bond donors (Lipinski definition) is 6. The molecule has 24 heteroatoms. The van der Waals surface area contributed by atoms with E-state index < -0.39 is 89.8 Å². The van der Waals surface area contributed by atoms with Crippen LogP contribution in [0.25, 0.3) is 0 Å². The Kier molecular flexibility index (Phi) is 26.4. The van der Waals surface area contributed by atoms with Gasteiger partial charge in [0.05, 0.1) is 6.04 Å². The Labute approximate surface area is 463 Å². The van der Waals surface area contributed by atoms with Crippen molar-refractivity contribution in [2.75, 3.05) is 53.4 Å². The molecule has 7 N–H and O–H groups in total. The topological polar surface area (TPSA) is 236 Å². The van der Waals surface area contributed by atoms with Crippen molar-refractivity contribution < 1.29 is 64.7 Å². The third-order valence-corrected chi connectivity index (χ3v) is 14.0. The Morgan fingerprint density at radius 2 is 0.975 bits per heavy atom. The number of carbonyl (C=O) groups is 8. The third kappa shape index (κ3) is 20.9. The molecule has 2 aliphatic heterocycles. The second-order valence-electron chi connectivity index (χ2n) is 19.6. The molecule has 5 atom stereocenters. The lowest BCUT2D eigenvalue weighted by atomic mass is 10.1. The normalized spacial score (nSPS) is 16.3. The molecule has 3 aromatic carbocycles. The molecule has 3 aromatic rings. The highest BCUT2D eigenvalue weighted by Crippen LogP contribution is 2.27. The molecule has 8 amide bonds. The zero-order valence-corrected chi connectivity index (χ0v) is 45.8. The average Bonchev–Trinajstić information content (AvgIpc) is 4.17. The summed E-state index contributed by atoms with van der Waals surface area (Å²) in [4.78, 5) is 109. The SMILES string of the molecule is CCC(=O)N[C@@H](CCC(=O)NCc1ccc(CNC(=O)CC[C@H](NC(=O)[C@H](C)NC)C(=O)N2CCC[C@H]2CN(CCc2ccccc2)C(=O)C(F)(F)F)cc1)C(=O)N1CCC[C@H]1CN(CCc1ccccc1)C(=O)C(F)(F)F.CN. The molecule has 2 aliphatic rings. The summed E-state index contributed by atoms with van der Waals surface area (Å²) in [5.41, 5.74) is 7.34. The van der Waals surface area contributed by atoms with Crippen molar-refractivity contribution in [3.8, 4) is 0 Å². The predicted molar refractivity (Wildman–Crippen MR) is 286 cm³/mol. The molecule has 5 rings (SSSR count). The molecule has 2 fully saturated rings. The maximum Gasteiger partial charge on any atom is 0.471 e. The van der Waals surface area contributed by atoms with E-state index in [1.165, 1.54) is 16.8 Å². The maximum atomic E-state index is 14.1. The van der Waals surface area contributed by atoms with Crippen LogP contribution in [0.4, 0.5) is 26.3 Å². The van der Waals surface area contributed by atoms with Crippen LogP contribution in [0.5, 0.6) is 0 Å². The van der Waals surface area contributed by atoms with Gasteiger partial charge in [-0.15, -0.1) is 0 Å². The van der Waals surface area contributed by atoms with E-state index in [1.807, 2.05) is 0 Å². The first-order valence-corrected chi connectivity index (χ1v) is 26.9. The highest BCUT2D eigenvalue weighted by atomic mass is 19.4. The van der Waals surface area contributed by atoms with Crippen LogP contribution in [0.2, 0.25) is 0 Å². The Bertz CT molecular complexity index is 2490. The summed E-state index contributed by atoms with van der Waals surface area (Å²) in [6.45, 7) is 2.51. The average molecular weight is 1130 g/mol. The summed E-state index contributed by atoms with van der Waals surface area (Å²) in [6.07, 6.45) is -8.93. The van der Waals surface area contributed by atoms with E-state index in [4.69, 9.17) is 0 Å². The van der Waals surface area contributed by atoms with Gasteiger partial charge in [-0.2, -0.15) is 26.3 Å². The second-order valence-corrected chi connectivity index (χ2v) is 19.6. The minimum absolute atomic E-state index is 0.0339. The number of carbonyl (C=O) groups excluding carboxylic acids is 8. The first-order valence-electron chi connectivity index (χ1n) is 26.9. The van der Waals surface area contributed by atoms with E-state index in [-0.39, 0.29) is 97.3 Å². The van der Waals surface area contributed by atoms with Gasteiger partial charge in [-0.1, -0.05) is 91.9 Å². The number of nitrogens with one attached hydrogen (secondary N) is 5. The molecule has 0 spiro atoms. The van der Waals surface area contributed by atoms with E-state index in [2.05, 4.69) is 32.3 Å². The van der Waals surface area contributed by atoms with E-state index in [1.54, 1.807) is 106 Å². The van der Waals surface area contributed by atoms with Crippen LogP contribution in [0.3, 0.4) is 0 Å². The number of hydrogen-bond acceptors (Lipinski definition) is 10. The van der Waals surface area contributed by atoms with Gasteiger partial charge >= 0.3 is 24.2 Å². The van der Waals surface area contributed by atoms with Crippen LogP contribution in [-0.4, -0.2) is 163 Å². The van der Waals surface area contributed by atoms with E-state index in [9.17, 15) is 64.7 Å². The summed E-state index contributed by atoms with van der Waals surface area (Å²) in [5.74, 6) is -7.05. The Morgan fingerprint density at radius 3 is 1.34 bits per heavy atom. The molecular formula is C56H76F6N10O8. The summed E-state index contributed by atoms with van der Waals surface area (Å²) in [5, 5.41) is 13.7. The highest BCUT2D eigenvalue weighted by molar-refractivity contribution is 5.91. The predicted octanol–water partition coefficient (Wildman–Crippen LogP) is 4.29. The molecule has 0 unspecified atom stereocenters. The maximum absolute atomic E-state index is 14.1. The largest absolute Gasteiger partial charge is 0.471 e. The summed E-state index contributed by atoms with van der Waals surface area (Å²) in [7, 11) is 3.05. The minimum Gasteiger partial charge on any atom is -0.352 e. The zero-order valence-electron chi connectivity index (χ0n) is 45.8. The molecule has 2 saturated heterocycles. The number of likely N-dealkylation sites (tertiary alicyclic amines) is 2. The molecule has 0 aromatic heterocycles. The van der Waals surface area contributed by atoms with Crippen molar-refractivity contribution in [3.05, 3.63) is 107 Å². The van der Waals surface area contributed by atoms with E-state index in [0.29, 0.717) is 41.7 Å². The molecule has 0 bridgehead atoms. The summed E-state index contributed by atoms with van der Waals surface area (Å²) < 4.78 is 82.5. The molecular weight excluding hydrogens is 1050 g/mol. The molecule has 0 saturated carbocycles. The monoisotopic (exact) mass is 1130 g/mol. The molecule has 0 radical (unpaired) electrons. The van der Waals surface area contributed by atoms with Gasteiger partial charge in [0.25, 0.3) is 0 Å². The fourth-order valence-electron chi connectivity index (χ4n) is 9.41. The summed E-state index contributed by atoms with van der Waals surface area (Å²) >= 11 is 0. The lowest BCUT2D eigenvalue weighted by molar-refractivity contribution is -0.186. The molecule has 18 nitrogen and oxygen atoms in total. The number of nitrogens with zero attached hydrogens (tertiary/aromatic N) is 4. The van der Waals surface area contributed by atoms with Crippen LogP contribution >= 0.6 is 0 Å². The van der Waals surface area contributed by atoms with Crippen molar-refractivity contribution in [1.29, 1.82) is 0 Å². The van der Waals surface area contributed by atoms with Gasteiger partial charge in [-0.05, 0) is 94.6 Å². The molecule has 2 heterocycles. The fraction of sp³-hybridized carbons (Fsp3) is 0.536. The van der Waals surface area contributed by atoms with Crippen LogP contribution in [0.15, 0.2) is 84.9 Å². The van der Waals surface area contributed by atoms with Gasteiger partial charge in [0.15, 0.2) is 0 Å². The van der Waals surface area contributed by atoms with Crippen LogP contribution in [0, 0.1) is 0 Å². The lowest BCUT2D eigenvalue weighted by Gasteiger charge is -2.33. The van der Waals surface area contributed by atoms with Crippen molar-refractivity contribution in [1.82, 2.24) is 46.2 Å². The number of benzene rings is 3. The summed E-state index contributed by atoms with van der Waals surface area (Å²) in [6, 6.07) is 19.8. The van der Waals surface area contributed by atoms with Crippen LogP contribution < -0.4 is 32.3 Å². The van der Waals surface area contributed by atoms with Gasteiger partial charge in [0.2, 0.25) is 35.4 Å². The Balaban J connectivity index is 0.00000681. The lowest BCUT2D eigenvalue weighted by Crippen LogP contribution is -2.55. The number of rotatable bonds is 27. The highest BCUT2D eigenvalue weighted by Gasteiger charge is 2.46. The Hall–Kier alpha value is -7.08. The standard InChI is InChI=1S/C55H71F6N9O8.CH5N/c1-4-46(71)65-44(50(75)69-29-11-17-42(69)35-67(52(77)54(56,57)58)31-27-38-13-7-5-8-14-38)23-25-47(72)63-33-40-19-21-41(22-20-40)34-64-48(73)26-24-45(66-49(74)37(2)62-3)51(76)70-30-12-18-43(70)36-68(53(78)55(59,60)61)32-28-39-15-9-6-10-16-39;1-2/h5-10,13-16,19-22,37,42-45,62H,4,11-12,17-18,23-36H2,1-3H3,(H,63,72)(H,64,73)(H,65,71)(H,66,74);2H2,1H3/t37-,42-,43-,44-,45-;/m0./s1. The first kappa shape index (κ1) is 65.4. The smallest absolute Gasteiger partial charge is 0.352 e. The molecule has 440 valence electrons. The quantitative estimate of drug-likeness (QED) is 0.0593. The molecule has 80 heavy (non-hydrogen) atoms. The van der Waals surface area contributed by atoms with Gasteiger partial charge < -0.3 is 51.9 Å². The van der Waals surface area contributed by atoms with Gasteiger partial charge in [-0.25, -0.2) is 0 Å². The minimum atomic E-state index is -5.14. The zero-order chi connectivity index (χ0) is 59.0. The van der Waals surface area contributed by atoms with Gasteiger partial charge in [0, 0.05) is 83.7 Å². The third-order valence-electron chi connectivity index (χ3n) is 14.0. The Morgan fingerprint density at radius 1 is 0.588 bits per heavy atom. The number of alkyl halides is 6. The van der Waals surface area contributed by atoms with Crippen molar-refractivity contribution in [2.45, 2.75) is 140 Å². The number of amides is 8. The number of nitrogens with two attached hydrogens (primary N) is 1. The number of halogens is 6. The van der Waals surface area contributed by atoms with Crippen LogP contribution in [-0.2, 0) is 64.3 Å².